The standard InChI is InChI=1S/C12H21NO2/c1-12(15)7-4-8-13(9-12)10-5-2-3-6-11(10)14/h10,15H,2-9H2,1H3. The Kier molecular flexibility index (Phi) is 3.12. The number of ketones is 1. The number of hydrogen-bond donors (Lipinski definition) is 1. The second-order valence-electron chi connectivity index (χ2n) is 5.30. The molecule has 1 N–H and O–H groups in total. The number of Topliss-reactive ketones (excluding diaryl/α,β-unsaturated/α-hetero) is 1. The second kappa shape index (κ2) is 4.22. The topological polar surface area (TPSA) is 40.5 Å². The molecule has 15 heavy (non-hydrogen) atoms. The Morgan fingerprint density at radius 1 is 1.40 bits per heavy atom. The van der Waals surface area contributed by atoms with E-state index in [1.165, 1.54) is 0 Å². The Morgan fingerprint density at radius 3 is 2.87 bits per heavy atom. The molecule has 0 aromatic carbocycles. The summed E-state index contributed by atoms with van der Waals surface area (Å²) in [7, 11) is 0. The van der Waals surface area contributed by atoms with Gasteiger partial charge in [-0.05, 0) is 39.2 Å². The molecular weight excluding hydrogens is 190 g/mol. The molecule has 0 amide bonds. The molecule has 2 aliphatic rings. The number of nitrogens with zero attached hydrogens (tertiary/aromatic N) is 1. The predicted octanol–water partition coefficient (Wildman–Crippen LogP) is 1.34. The summed E-state index contributed by atoms with van der Waals surface area (Å²) in [4.78, 5) is 14.0. The zero-order valence-electron chi connectivity index (χ0n) is 9.54. The van der Waals surface area contributed by atoms with Crippen LogP contribution in [0.2, 0.25) is 0 Å². The maximum atomic E-state index is 11.8. The lowest BCUT2D eigenvalue weighted by molar-refractivity contribution is -0.129. The van der Waals surface area contributed by atoms with Crippen molar-refractivity contribution in [1.82, 2.24) is 4.90 Å². The number of hydrogen-bond acceptors (Lipinski definition) is 3. The van der Waals surface area contributed by atoms with Crippen LogP contribution < -0.4 is 0 Å². The van der Waals surface area contributed by atoms with Crippen LogP contribution in [0.1, 0.15) is 45.4 Å². The number of aliphatic hydroxyl groups is 1. The monoisotopic (exact) mass is 211 g/mol. The fourth-order valence-corrected chi connectivity index (χ4v) is 2.88. The number of carbonyl (C=O) groups is 1. The van der Waals surface area contributed by atoms with Crippen molar-refractivity contribution in [2.24, 2.45) is 0 Å². The fraction of sp³-hybridized carbons (Fsp3) is 0.917. The number of likely N-dealkylation sites (tertiary alicyclic amines) is 1. The molecule has 0 radical (unpaired) electrons. The van der Waals surface area contributed by atoms with Gasteiger partial charge in [0, 0.05) is 13.0 Å². The SMILES string of the molecule is CC1(O)CCCN(C2CCCCC2=O)C1. The Balaban J connectivity index is 2.00. The van der Waals surface area contributed by atoms with Crippen molar-refractivity contribution in [3.05, 3.63) is 0 Å². The summed E-state index contributed by atoms with van der Waals surface area (Å²) in [6, 6.07) is 0.102. The molecule has 0 bridgehead atoms. The summed E-state index contributed by atoms with van der Waals surface area (Å²) in [6.45, 7) is 3.53. The van der Waals surface area contributed by atoms with Crippen molar-refractivity contribution in [3.8, 4) is 0 Å². The molecule has 2 unspecified atom stereocenters. The van der Waals surface area contributed by atoms with Crippen molar-refractivity contribution in [3.63, 3.8) is 0 Å². The lowest BCUT2D eigenvalue weighted by atomic mass is 9.88. The maximum Gasteiger partial charge on any atom is 0.149 e. The third kappa shape index (κ3) is 2.58. The van der Waals surface area contributed by atoms with Crippen LogP contribution in [0, 0.1) is 0 Å². The van der Waals surface area contributed by atoms with Gasteiger partial charge in [-0.15, -0.1) is 0 Å². The van der Waals surface area contributed by atoms with Crippen molar-refractivity contribution in [2.75, 3.05) is 13.1 Å². The average Bonchev–Trinajstić information content (AvgIpc) is 2.17. The second-order valence-corrected chi connectivity index (χ2v) is 5.30. The first-order valence-electron chi connectivity index (χ1n) is 6.08. The molecule has 3 heteroatoms. The van der Waals surface area contributed by atoms with Gasteiger partial charge in [0.2, 0.25) is 0 Å². The molecular formula is C12H21NO2. The van der Waals surface area contributed by atoms with E-state index < -0.39 is 5.60 Å². The molecule has 86 valence electrons. The first kappa shape index (κ1) is 11.1. The van der Waals surface area contributed by atoms with Crippen molar-refractivity contribution >= 4 is 5.78 Å². The quantitative estimate of drug-likeness (QED) is 0.711. The van der Waals surface area contributed by atoms with Gasteiger partial charge in [-0.2, -0.15) is 0 Å². The molecule has 1 saturated carbocycles. The van der Waals surface area contributed by atoms with E-state index in [2.05, 4.69) is 4.90 Å². The highest BCUT2D eigenvalue weighted by Gasteiger charge is 2.35. The summed E-state index contributed by atoms with van der Waals surface area (Å²) >= 11 is 0. The summed E-state index contributed by atoms with van der Waals surface area (Å²) in [5.41, 5.74) is -0.587. The molecule has 2 fully saturated rings. The van der Waals surface area contributed by atoms with Crippen LogP contribution in [0.25, 0.3) is 0 Å². The lowest BCUT2D eigenvalue weighted by Gasteiger charge is -2.41. The van der Waals surface area contributed by atoms with Crippen LogP contribution >= 0.6 is 0 Å². The van der Waals surface area contributed by atoms with Gasteiger partial charge >= 0.3 is 0 Å². The first-order chi connectivity index (χ1) is 7.08. The van der Waals surface area contributed by atoms with Gasteiger partial charge in [0.1, 0.15) is 5.78 Å². The van der Waals surface area contributed by atoms with E-state index in [9.17, 15) is 9.90 Å². The van der Waals surface area contributed by atoms with E-state index in [0.29, 0.717) is 12.3 Å². The van der Waals surface area contributed by atoms with Crippen LogP contribution in [-0.2, 0) is 4.79 Å². The van der Waals surface area contributed by atoms with Gasteiger partial charge < -0.3 is 5.11 Å². The van der Waals surface area contributed by atoms with Crippen LogP contribution in [-0.4, -0.2) is 40.5 Å². The van der Waals surface area contributed by atoms with E-state index in [1.54, 1.807) is 0 Å². The normalized spacial score (nSPS) is 39.3. The average molecular weight is 211 g/mol. The Morgan fingerprint density at radius 2 is 2.20 bits per heavy atom. The Labute approximate surface area is 91.5 Å². The van der Waals surface area contributed by atoms with E-state index in [-0.39, 0.29) is 6.04 Å². The van der Waals surface area contributed by atoms with Gasteiger partial charge in [-0.1, -0.05) is 6.42 Å². The summed E-state index contributed by atoms with van der Waals surface area (Å²) in [5.74, 6) is 0.388. The number of piperidine rings is 1. The van der Waals surface area contributed by atoms with E-state index in [4.69, 9.17) is 0 Å². The van der Waals surface area contributed by atoms with Crippen molar-refractivity contribution in [1.29, 1.82) is 0 Å². The van der Waals surface area contributed by atoms with Crippen LogP contribution in [0.3, 0.4) is 0 Å². The molecule has 1 heterocycles. The van der Waals surface area contributed by atoms with Gasteiger partial charge in [-0.3, -0.25) is 9.69 Å². The molecule has 2 rings (SSSR count). The van der Waals surface area contributed by atoms with Crippen LogP contribution in [0.15, 0.2) is 0 Å². The van der Waals surface area contributed by atoms with Gasteiger partial charge in [-0.25, -0.2) is 0 Å². The van der Waals surface area contributed by atoms with E-state index >= 15 is 0 Å². The number of rotatable bonds is 1. The Hall–Kier alpha value is -0.410. The van der Waals surface area contributed by atoms with Gasteiger partial charge in [0.15, 0.2) is 0 Å². The first-order valence-corrected chi connectivity index (χ1v) is 6.08. The highest BCUT2D eigenvalue weighted by Crippen LogP contribution is 2.26. The number of β-amino-alcohol motifs (C(OH)–C–C–N with tert-alkyl or cyclic N) is 1. The zero-order chi connectivity index (χ0) is 10.9. The largest absolute Gasteiger partial charge is 0.389 e. The predicted molar refractivity (Wildman–Crippen MR) is 58.7 cm³/mol. The third-order valence-electron chi connectivity index (χ3n) is 3.67. The summed E-state index contributed by atoms with van der Waals surface area (Å²) < 4.78 is 0. The molecule has 1 aliphatic carbocycles. The molecule has 2 atom stereocenters. The fourth-order valence-electron chi connectivity index (χ4n) is 2.88. The zero-order valence-corrected chi connectivity index (χ0v) is 9.54. The molecule has 1 saturated heterocycles. The van der Waals surface area contributed by atoms with Gasteiger partial charge in [0.25, 0.3) is 0 Å². The lowest BCUT2D eigenvalue weighted by Crippen LogP contribution is -2.53. The highest BCUT2D eigenvalue weighted by atomic mass is 16.3. The maximum absolute atomic E-state index is 11.8. The summed E-state index contributed by atoms with van der Waals surface area (Å²) in [5, 5.41) is 10.0. The van der Waals surface area contributed by atoms with Crippen molar-refractivity contribution in [2.45, 2.75) is 57.1 Å². The third-order valence-corrected chi connectivity index (χ3v) is 3.67. The molecule has 0 spiro atoms. The minimum atomic E-state index is -0.587. The van der Waals surface area contributed by atoms with Crippen LogP contribution in [0.4, 0.5) is 0 Å². The van der Waals surface area contributed by atoms with E-state index in [1.807, 2.05) is 6.92 Å². The molecule has 0 aromatic heterocycles. The minimum absolute atomic E-state index is 0.102. The summed E-state index contributed by atoms with van der Waals surface area (Å²) in [6.07, 6.45) is 5.83. The van der Waals surface area contributed by atoms with Crippen LogP contribution in [0.5, 0.6) is 0 Å². The molecule has 3 nitrogen and oxygen atoms in total. The minimum Gasteiger partial charge on any atom is -0.389 e. The number of carbonyl (C=O) groups excluding carboxylic acids is 1. The Bertz CT molecular complexity index is 250. The molecule has 1 aliphatic heterocycles. The smallest absolute Gasteiger partial charge is 0.149 e. The molecule has 0 aromatic rings. The van der Waals surface area contributed by atoms with Crippen molar-refractivity contribution < 1.29 is 9.90 Å². The van der Waals surface area contributed by atoms with Gasteiger partial charge in [0.05, 0.1) is 11.6 Å². The van der Waals surface area contributed by atoms with E-state index in [0.717, 1.165) is 45.1 Å². The highest BCUT2D eigenvalue weighted by molar-refractivity contribution is 5.84.